The fourth-order valence-electron chi connectivity index (χ4n) is 2.39. The lowest BCUT2D eigenvalue weighted by Gasteiger charge is -2.39. The van der Waals surface area contributed by atoms with Crippen molar-refractivity contribution in [3.63, 3.8) is 0 Å². The van der Waals surface area contributed by atoms with Gasteiger partial charge in [-0.3, -0.25) is 0 Å². The van der Waals surface area contributed by atoms with Gasteiger partial charge in [0.05, 0.1) is 6.61 Å². The highest BCUT2D eigenvalue weighted by Gasteiger charge is 2.34. The Bertz CT molecular complexity index is 277. The zero-order valence-electron chi connectivity index (χ0n) is 9.83. The summed E-state index contributed by atoms with van der Waals surface area (Å²) in [6.07, 6.45) is 4.06. The number of rotatable bonds is 5. The standard InChI is InChI=1S/C12H21NO3/c1-9-4-3-5-12(6-9,8-14)13-7-10(2)11(15)16/h9,13-14H,2-8H2,1H3,(H,15,16). The van der Waals surface area contributed by atoms with Crippen molar-refractivity contribution in [1.82, 2.24) is 5.32 Å². The van der Waals surface area contributed by atoms with Gasteiger partial charge in [0.1, 0.15) is 0 Å². The largest absolute Gasteiger partial charge is 0.478 e. The molecular weight excluding hydrogens is 206 g/mol. The Labute approximate surface area is 96.4 Å². The van der Waals surface area contributed by atoms with E-state index in [0.717, 1.165) is 19.3 Å². The zero-order valence-corrected chi connectivity index (χ0v) is 9.83. The first-order valence-corrected chi connectivity index (χ1v) is 5.76. The van der Waals surface area contributed by atoms with E-state index in [1.165, 1.54) is 6.42 Å². The normalized spacial score (nSPS) is 30.0. The Morgan fingerprint density at radius 2 is 2.31 bits per heavy atom. The highest BCUT2D eigenvalue weighted by atomic mass is 16.4. The van der Waals surface area contributed by atoms with Crippen molar-refractivity contribution in [2.45, 2.75) is 38.1 Å². The van der Waals surface area contributed by atoms with Gasteiger partial charge in [0.2, 0.25) is 0 Å². The van der Waals surface area contributed by atoms with E-state index in [2.05, 4.69) is 18.8 Å². The van der Waals surface area contributed by atoms with Crippen LogP contribution in [0.4, 0.5) is 0 Å². The van der Waals surface area contributed by atoms with Gasteiger partial charge in [-0.1, -0.05) is 26.3 Å². The van der Waals surface area contributed by atoms with Crippen LogP contribution in [0.5, 0.6) is 0 Å². The Morgan fingerprint density at radius 3 is 2.81 bits per heavy atom. The minimum absolute atomic E-state index is 0.0598. The number of carboxylic acids is 1. The molecule has 0 saturated heterocycles. The molecule has 0 heterocycles. The minimum Gasteiger partial charge on any atom is -0.478 e. The summed E-state index contributed by atoms with van der Waals surface area (Å²) in [4.78, 5) is 10.6. The van der Waals surface area contributed by atoms with Crippen molar-refractivity contribution in [3.8, 4) is 0 Å². The van der Waals surface area contributed by atoms with Crippen LogP contribution in [0.25, 0.3) is 0 Å². The SMILES string of the molecule is C=C(CNC1(CO)CCCC(C)C1)C(=O)O. The molecule has 16 heavy (non-hydrogen) atoms. The van der Waals surface area contributed by atoms with Gasteiger partial charge >= 0.3 is 5.97 Å². The van der Waals surface area contributed by atoms with Crippen LogP contribution >= 0.6 is 0 Å². The molecule has 2 atom stereocenters. The van der Waals surface area contributed by atoms with E-state index in [0.29, 0.717) is 5.92 Å². The molecule has 1 fully saturated rings. The first kappa shape index (κ1) is 13.2. The van der Waals surface area contributed by atoms with E-state index >= 15 is 0 Å². The molecule has 1 aliphatic rings. The Kier molecular flexibility index (Phi) is 4.50. The molecule has 0 aromatic carbocycles. The second kappa shape index (κ2) is 5.46. The molecule has 0 amide bonds. The van der Waals surface area contributed by atoms with Crippen molar-refractivity contribution < 1.29 is 15.0 Å². The van der Waals surface area contributed by atoms with Crippen molar-refractivity contribution >= 4 is 5.97 Å². The number of aliphatic hydroxyl groups is 1. The third-order valence-electron chi connectivity index (χ3n) is 3.37. The average molecular weight is 227 g/mol. The van der Waals surface area contributed by atoms with Crippen LogP contribution in [0.2, 0.25) is 0 Å². The molecule has 0 spiro atoms. The molecule has 1 rings (SSSR count). The van der Waals surface area contributed by atoms with Crippen LogP contribution < -0.4 is 5.32 Å². The molecule has 0 radical (unpaired) electrons. The summed E-state index contributed by atoms with van der Waals surface area (Å²) in [5, 5.41) is 21.4. The molecule has 4 heteroatoms. The molecule has 0 bridgehead atoms. The number of aliphatic hydroxyl groups excluding tert-OH is 1. The predicted molar refractivity (Wildman–Crippen MR) is 62.2 cm³/mol. The van der Waals surface area contributed by atoms with Crippen molar-refractivity contribution in [2.75, 3.05) is 13.2 Å². The Morgan fingerprint density at radius 1 is 1.62 bits per heavy atom. The summed E-state index contributed by atoms with van der Waals surface area (Å²) in [6, 6.07) is 0. The second-order valence-electron chi connectivity index (χ2n) is 4.90. The van der Waals surface area contributed by atoms with Crippen LogP contribution in [0.15, 0.2) is 12.2 Å². The summed E-state index contributed by atoms with van der Waals surface area (Å²) in [6.45, 7) is 5.94. The smallest absolute Gasteiger partial charge is 0.332 e. The van der Waals surface area contributed by atoms with E-state index in [1.54, 1.807) is 0 Å². The molecule has 0 aromatic heterocycles. The van der Waals surface area contributed by atoms with Crippen molar-refractivity contribution in [1.29, 1.82) is 0 Å². The number of aliphatic carboxylic acids is 1. The zero-order chi connectivity index (χ0) is 12.2. The number of hydrogen-bond donors (Lipinski definition) is 3. The monoisotopic (exact) mass is 227 g/mol. The lowest BCUT2D eigenvalue weighted by atomic mass is 9.77. The maximum Gasteiger partial charge on any atom is 0.332 e. The summed E-state index contributed by atoms with van der Waals surface area (Å²) in [7, 11) is 0. The van der Waals surface area contributed by atoms with Gasteiger partial charge < -0.3 is 15.5 Å². The van der Waals surface area contributed by atoms with E-state index in [9.17, 15) is 9.90 Å². The van der Waals surface area contributed by atoms with E-state index in [4.69, 9.17) is 5.11 Å². The third kappa shape index (κ3) is 3.32. The predicted octanol–water partition coefficient (Wildman–Crippen LogP) is 1.16. The molecule has 2 unspecified atom stereocenters. The van der Waals surface area contributed by atoms with Gasteiger partial charge in [-0.25, -0.2) is 4.79 Å². The molecule has 0 aliphatic heterocycles. The summed E-state index contributed by atoms with van der Waals surface area (Å²) >= 11 is 0. The summed E-state index contributed by atoms with van der Waals surface area (Å²) in [5.74, 6) is -0.407. The van der Waals surface area contributed by atoms with Crippen LogP contribution in [-0.4, -0.2) is 34.9 Å². The highest BCUT2D eigenvalue weighted by Crippen LogP contribution is 2.31. The first-order valence-electron chi connectivity index (χ1n) is 5.76. The third-order valence-corrected chi connectivity index (χ3v) is 3.37. The van der Waals surface area contributed by atoms with Crippen molar-refractivity contribution in [3.05, 3.63) is 12.2 Å². The van der Waals surface area contributed by atoms with Crippen LogP contribution in [0.1, 0.15) is 32.6 Å². The molecular formula is C12H21NO3. The van der Waals surface area contributed by atoms with Gasteiger partial charge in [0.25, 0.3) is 0 Å². The molecule has 4 nitrogen and oxygen atoms in total. The minimum atomic E-state index is -0.982. The molecule has 92 valence electrons. The number of carbonyl (C=O) groups is 1. The Hall–Kier alpha value is -0.870. The van der Waals surface area contributed by atoms with Gasteiger partial charge in [-0.05, 0) is 18.8 Å². The number of carboxylic acid groups (broad SMARTS) is 1. The van der Waals surface area contributed by atoms with Crippen LogP contribution in [0.3, 0.4) is 0 Å². The van der Waals surface area contributed by atoms with E-state index in [-0.39, 0.29) is 24.3 Å². The fraction of sp³-hybridized carbons (Fsp3) is 0.750. The van der Waals surface area contributed by atoms with Gasteiger partial charge in [-0.15, -0.1) is 0 Å². The fourth-order valence-corrected chi connectivity index (χ4v) is 2.39. The van der Waals surface area contributed by atoms with Gasteiger partial charge in [-0.2, -0.15) is 0 Å². The lowest BCUT2D eigenvalue weighted by Crippen LogP contribution is -2.52. The average Bonchev–Trinajstić information content (AvgIpc) is 2.26. The van der Waals surface area contributed by atoms with Gasteiger partial charge in [0.15, 0.2) is 0 Å². The molecule has 1 saturated carbocycles. The van der Waals surface area contributed by atoms with E-state index in [1.807, 2.05) is 0 Å². The lowest BCUT2D eigenvalue weighted by molar-refractivity contribution is -0.132. The molecule has 0 aromatic rings. The quantitative estimate of drug-likeness (QED) is 0.616. The molecule has 3 N–H and O–H groups in total. The van der Waals surface area contributed by atoms with Gasteiger partial charge in [0, 0.05) is 17.7 Å². The van der Waals surface area contributed by atoms with Crippen LogP contribution in [0, 0.1) is 5.92 Å². The Balaban J connectivity index is 2.53. The summed E-state index contributed by atoms with van der Waals surface area (Å²) < 4.78 is 0. The highest BCUT2D eigenvalue weighted by molar-refractivity contribution is 5.86. The van der Waals surface area contributed by atoms with Crippen molar-refractivity contribution in [2.24, 2.45) is 5.92 Å². The van der Waals surface area contributed by atoms with Crippen LogP contribution in [-0.2, 0) is 4.79 Å². The first-order chi connectivity index (χ1) is 7.49. The van der Waals surface area contributed by atoms with E-state index < -0.39 is 5.97 Å². The maximum absolute atomic E-state index is 10.6. The number of hydrogen-bond acceptors (Lipinski definition) is 3. The second-order valence-corrected chi connectivity index (χ2v) is 4.90. The topological polar surface area (TPSA) is 69.6 Å². The summed E-state index contributed by atoms with van der Waals surface area (Å²) in [5.41, 5.74) is -0.165. The maximum atomic E-state index is 10.6. The molecule has 1 aliphatic carbocycles. The number of nitrogens with one attached hydrogen (secondary N) is 1.